The Hall–Kier alpha value is -1.94. The highest BCUT2D eigenvalue weighted by molar-refractivity contribution is 6.01. The van der Waals surface area contributed by atoms with E-state index in [2.05, 4.69) is 11.4 Å². The van der Waals surface area contributed by atoms with Gasteiger partial charge in [-0.25, -0.2) is 0 Å². The fraction of sp³-hybridized carbons (Fsp3) is 0.474. The Morgan fingerprint density at radius 2 is 1.96 bits per heavy atom. The Labute approximate surface area is 137 Å². The standard InChI is InChI=1S/C19H25NO3/c1-14-7-9-16(10-8-14)19(23)17(13-18(21)22)20-12-11-15-5-3-2-4-6-15/h5,7-10,17,20H,2-4,6,11-13H2,1H3,(H,21,22). The predicted molar refractivity (Wildman–Crippen MR) is 90.7 cm³/mol. The van der Waals surface area contributed by atoms with Gasteiger partial charge < -0.3 is 10.4 Å². The number of aliphatic carboxylic acids is 1. The number of hydrogen-bond donors (Lipinski definition) is 2. The second-order valence-electron chi connectivity index (χ2n) is 6.19. The van der Waals surface area contributed by atoms with Crippen LogP contribution in [0.25, 0.3) is 0 Å². The van der Waals surface area contributed by atoms with Crippen molar-refractivity contribution in [2.75, 3.05) is 6.54 Å². The lowest BCUT2D eigenvalue weighted by atomic mass is 9.96. The number of hydrogen-bond acceptors (Lipinski definition) is 3. The van der Waals surface area contributed by atoms with Crippen LogP contribution in [0.5, 0.6) is 0 Å². The molecular weight excluding hydrogens is 290 g/mol. The molecule has 2 rings (SSSR count). The van der Waals surface area contributed by atoms with Crippen LogP contribution in [0, 0.1) is 6.92 Å². The third-order valence-corrected chi connectivity index (χ3v) is 4.25. The van der Waals surface area contributed by atoms with E-state index in [0.717, 1.165) is 24.8 Å². The van der Waals surface area contributed by atoms with Crippen LogP contribution >= 0.6 is 0 Å². The summed E-state index contributed by atoms with van der Waals surface area (Å²) < 4.78 is 0. The summed E-state index contributed by atoms with van der Waals surface area (Å²) in [7, 11) is 0. The van der Waals surface area contributed by atoms with E-state index >= 15 is 0 Å². The summed E-state index contributed by atoms with van der Waals surface area (Å²) in [6.45, 7) is 2.60. The summed E-state index contributed by atoms with van der Waals surface area (Å²) in [6, 6.07) is 6.60. The number of ketones is 1. The molecule has 0 amide bonds. The highest BCUT2D eigenvalue weighted by Gasteiger charge is 2.22. The molecule has 1 aromatic rings. The summed E-state index contributed by atoms with van der Waals surface area (Å²) >= 11 is 0. The molecule has 4 nitrogen and oxygen atoms in total. The van der Waals surface area contributed by atoms with Gasteiger partial charge in [-0.2, -0.15) is 0 Å². The van der Waals surface area contributed by atoms with Crippen molar-refractivity contribution in [3.63, 3.8) is 0 Å². The molecule has 0 heterocycles. The molecule has 1 unspecified atom stereocenters. The molecule has 4 heteroatoms. The van der Waals surface area contributed by atoms with Gasteiger partial charge in [-0.1, -0.05) is 41.5 Å². The smallest absolute Gasteiger partial charge is 0.305 e. The van der Waals surface area contributed by atoms with Crippen molar-refractivity contribution in [2.24, 2.45) is 0 Å². The van der Waals surface area contributed by atoms with E-state index in [-0.39, 0.29) is 12.2 Å². The fourth-order valence-corrected chi connectivity index (χ4v) is 2.89. The van der Waals surface area contributed by atoms with Gasteiger partial charge in [0.25, 0.3) is 0 Å². The molecular formula is C19H25NO3. The fourth-order valence-electron chi connectivity index (χ4n) is 2.89. The maximum Gasteiger partial charge on any atom is 0.305 e. The Balaban J connectivity index is 1.95. The zero-order valence-corrected chi connectivity index (χ0v) is 13.7. The minimum atomic E-state index is -0.958. The van der Waals surface area contributed by atoms with E-state index in [1.807, 2.05) is 19.1 Å². The van der Waals surface area contributed by atoms with Gasteiger partial charge in [0, 0.05) is 5.56 Å². The number of aryl methyl sites for hydroxylation is 1. The highest BCUT2D eigenvalue weighted by atomic mass is 16.4. The third kappa shape index (κ3) is 5.64. The van der Waals surface area contributed by atoms with Crippen LogP contribution in [0.3, 0.4) is 0 Å². The number of carbonyl (C=O) groups is 2. The van der Waals surface area contributed by atoms with Gasteiger partial charge in [-0.15, -0.1) is 0 Å². The lowest BCUT2D eigenvalue weighted by molar-refractivity contribution is -0.137. The van der Waals surface area contributed by atoms with E-state index in [4.69, 9.17) is 5.11 Å². The van der Waals surface area contributed by atoms with E-state index < -0.39 is 12.0 Å². The van der Waals surface area contributed by atoms with Crippen LogP contribution in [0.2, 0.25) is 0 Å². The van der Waals surface area contributed by atoms with Crippen LogP contribution in [-0.4, -0.2) is 29.4 Å². The minimum Gasteiger partial charge on any atom is -0.481 e. The van der Waals surface area contributed by atoms with Crippen molar-refractivity contribution < 1.29 is 14.7 Å². The van der Waals surface area contributed by atoms with Crippen molar-refractivity contribution in [3.05, 3.63) is 47.0 Å². The van der Waals surface area contributed by atoms with Crippen molar-refractivity contribution >= 4 is 11.8 Å². The highest BCUT2D eigenvalue weighted by Crippen LogP contribution is 2.19. The molecule has 0 aliphatic heterocycles. The lowest BCUT2D eigenvalue weighted by Gasteiger charge is -2.18. The van der Waals surface area contributed by atoms with Crippen LogP contribution in [0.15, 0.2) is 35.9 Å². The van der Waals surface area contributed by atoms with Crippen LogP contribution in [0.1, 0.15) is 54.4 Å². The summed E-state index contributed by atoms with van der Waals surface area (Å²) in [5, 5.41) is 12.2. The molecule has 0 saturated heterocycles. The molecule has 0 aromatic heterocycles. The number of carbonyl (C=O) groups excluding carboxylic acids is 1. The maximum absolute atomic E-state index is 12.5. The molecule has 1 atom stereocenters. The molecule has 1 aromatic carbocycles. The molecule has 0 fully saturated rings. The van der Waals surface area contributed by atoms with Crippen LogP contribution in [0.4, 0.5) is 0 Å². The van der Waals surface area contributed by atoms with Crippen molar-refractivity contribution in [1.82, 2.24) is 5.32 Å². The lowest BCUT2D eigenvalue weighted by Crippen LogP contribution is -2.39. The summed E-state index contributed by atoms with van der Waals surface area (Å²) in [5.41, 5.74) is 3.06. The number of rotatable bonds is 8. The molecule has 2 N–H and O–H groups in total. The van der Waals surface area contributed by atoms with E-state index in [1.165, 1.54) is 18.4 Å². The molecule has 1 aliphatic carbocycles. The second kappa shape index (κ2) is 8.63. The largest absolute Gasteiger partial charge is 0.481 e. The molecule has 23 heavy (non-hydrogen) atoms. The predicted octanol–water partition coefficient (Wildman–Crippen LogP) is 3.50. The van der Waals surface area contributed by atoms with E-state index in [0.29, 0.717) is 12.1 Å². The Kier molecular flexibility index (Phi) is 6.53. The van der Waals surface area contributed by atoms with Crippen molar-refractivity contribution in [2.45, 2.75) is 51.5 Å². The van der Waals surface area contributed by atoms with Crippen molar-refractivity contribution in [1.29, 1.82) is 0 Å². The van der Waals surface area contributed by atoms with Crippen molar-refractivity contribution in [3.8, 4) is 0 Å². The van der Waals surface area contributed by atoms with E-state index in [1.54, 1.807) is 12.1 Å². The Morgan fingerprint density at radius 1 is 1.22 bits per heavy atom. The SMILES string of the molecule is Cc1ccc(C(=O)C(CC(=O)O)NCCC2=CCCCC2)cc1. The van der Waals surface area contributed by atoms with Gasteiger partial charge in [0.1, 0.15) is 0 Å². The van der Waals surface area contributed by atoms with Gasteiger partial charge in [-0.05, 0) is 45.6 Å². The first-order valence-corrected chi connectivity index (χ1v) is 8.30. The molecule has 1 aliphatic rings. The topological polar surface area (TPSA) is 66.4 Å². The Morgan fingerprint density at radius 3 is 2.57 bits per heavy atom. The molecule has 0 saturated carbocycles. The zero-order chi connectivity index (χ0) is 16.7. The number of carboxylic acids is 1. The Bertz CT molecular complexity index is 575. The quantitative estimate of drug-likeness (QED) is 0.569. The minimum absolute atomic E-state index is 0.148. The first-order chi connectivity index (χ1) is 11.1. The summed E-state index contributed by atoms with van der Waals surface area (Å²) in [6.07, 6.45) is 7.72. The number of allylic oxidation sites excluding steroid dienone is 1. The molecule has 124 valence electrons. The van der Waals surface area contributed by atoms with Gasteiger partial charge in [0.05, 0.1) is 12.5 Å². The van der Waals surface area contributed by atoms with E-state index in [9.17, 15) is 9.59 Å². The van der Waals surface area contributed by atoms with Crippen LogP contribution < -0.4 is 5.32 Å². The third-order valence-electron chi connectivity index (χ3n) is 4.25. The maximum atomic E-state index is 12.5. The van der Waals surface area contributed by atoms with Gasteiger partial charge >= 0.3 is 5.97 Å². The molecule has 0 radical (unpaired) electrons. The first kappa shape index (κ1) is 17.4. The second-order valence-corrected chi connectivity index (χ2v) is 6.19. The number of nitrogens with one attached hydrogen (secondary N) is 1. The first-order valence-electron chi connectivity index (χ1n) is 8.30. The monoisotopic (exact) mass is 315 g/mol. The van der Waals surface area contributed by atoms with Crippen LogP contribution in [-0.2, 0) is 4.79 Å². The zero-order valence-electron chi connectivity index (χ0n) is 13.7. The van der Waals surface area contributed by atoms with Gasteiger partial charge in [-0.3, -0.25) is 9.59 Å². The van der Waals surface area contributed by atoms with Gasteiger partial charge in [0.2, 0.25) is 0 Å². The molecule has 0 spiro atoms. The summed E-state index contributed by atoms with van der Waals surface area (Å²) in [4.78, 5) is 23.6. The normalized spacial score (nSPS) is 15.8. The number of benzene rings is 1. The average molecular weight is 315 g/mol. The molecule has 0 bridgehead atoms. The summed E-state index contributed by atoms with van der Waals surface area (Å²) in [5.74, 6) is -1.11. The van der Waals surface area contributed by atoms with Gasteiger partial charge in [0.15, 0.2) is 5.78 Å². The number of carboxylic acid groups (broad SMARTS) is 1. The number of Topliss-reactive ketones (excluding diaryl/α,β-unsaturated/α-hetero) is 1. The average Bonchev–Trinajstić information content (AvgIpc) is 2.54.